The first-order valence-electron chi connectivity index (χ1n) is 6.67. The van der Waals surface area contributed by atoms with Crippen molar-refractivity contribution in [2.75, 3.05) is 6.61 Å². The first kappa shape index (κ1) is 14.1. The summed E-state index contributed by atoms with van der Waals surface area (Å²) in [6.45, 7) is 1.97. The molecule has 7 heteroatoms. The lowest BCUT2D eigenvalue weighted by Gasteiger charge is -2.22. The van der Waals surface area contributed by atoms with Gasteiger partial charge >= 0.3 is 18.1 Å². The van der Waals surface area contributed by atoms with Crippen molar-refractivity contribution in [2.24, 2.45) is 35.0 Å². The van der Waals surface area contributed by atoms with Gasteiger partial charge in [-0.1, -0.05) is 13.8 Å². The van der Waals surface area contributed by atoms with Crippen LogP contribution >= 0.6 is 0 Å². The standard InChI is InChI=1S/C13H15F5O2/c1-5-7-3-8-9(5)12(8,6(7)2)10(19)20-4-11(14,15)13(16,17)18/h5-9H,3-4H2,1-2H3. The molecule has 0 radical (unpaired) electrons. The van der Waals surface area contributed by atoms with Crippen LogP contribution in [0.4, 0.5) is 22.0 Å². The van der Waals surface area contributed by atoms with E-state index in [9.17, 15) is 26.7 Å². The average Bonchev–Trinajstić information content (AvgIpc) is 2.61. The number of ether oxygens (including phenoxy) is 1. The van der Waals surface area contributed by atoms with Crippen molar-refractivity contribution in [3.63, 3.8) is 0 Å². The largest absolute Gasteiger partial charge is 0.458 e. The molecule has 0 aromatic heterocycles. The van der Waals surface area contributed by atoms with Crippen molar-refractivity contribution in [1.29, 1.82) is 0 Å². The van der Waals surface area contributed by atoms with Crippen molar-refractivity contribution in [3.05, 3.63) is 0 Å². The molecule has 6 atom stereocenters. The van der Waals surface area contributed by atoms with Gasteiger partial charge in [0.15, 0.2) is 6.61 Å². The van der Waals surface area contributed by atoms with Crippen molar-refractivity contribution in [3.8, 4) is 0 Å². The fourth-order valence-electron chi connectivity index (χ4n) is 4.92. The van der Waals surface area contributed by atoms with Crippen molar-refractivity contribution < 1.29 is 31.5 Å². The third kappa shape index (κ3) is 1.41. The molecule has 0 amide bonds. The van der Waals surface area contributed by atoms with Gasteiger partial charge in [0.2, 0.25) is 0 Å². The van der Waals surface area contributed by atoms with Gasteiger partial charge in [0, 0.05) is 0 Å². The quantitative estimate of drug-likeness (QED) is 0.590. The number of rotatable bonds is 3. The predicted octanol–water partition coefficient (Wildman–Crippen LogP) is 3.27. The summed E-state index contributed by atoms with van der Waals surface area (Å²) in [5.41, 5.74) is -0.786. The van der Waals surface area contributed by atoms with E-state index in [-0.39, 0.29) is 17.8 Å². The molecule has 6 unspecified atom stereocenters. The molecule has 0 saturated heterocycles. The smallest absolute Gasteiger partial charge is 0.456 e. The highest BCUT2D eigenvalue weighted by Gasteiger charge is 2.85. The summed E-state index contributed by atoms with van der Waals surface area (Å²) < 4.78 is 66.1. The zero-order valence-electron chi connectivity index (χ0n) is 11.0. The van der Waals surface area contributed by atoms with Gasteiger partial charge in [-0.15, -0.1) is 0 Å². The molecule has 114 valence electrons. The second-order valence-corrected chi connectivity index (χ2v) is 6.39. The molecule has 4 aliphatic rings. The maximum atomic E-state index is 12.8. The summed E-state index contributed by atoms with van der Waals surface area (Å²) >= 11 is 0. The van der Waals surface area contributed by atoms with E-state index in [1.54, 1.807) is 0 Å². The molecule has 0 aromatic rings. The van der Waals surface area contributed by atoms with Crippen LogP contribution in [0.25, 0.3) is 0 Å². The number of carbonyl (C=O) groups is 1. The molecule has 0 aliphatic heterocycles. The Kier molecular flexibility index (Phi) is 2.57. The highest BCUT2D eigenvalue weighted by atomic mass is 19.4. The van der Waals surface area contributed by atoms with Gasteiger partial charge in [-0.3, -0.25) is 4.79 Å². The first-order chi connectivity index (χ1) is 9.05. The van der Waals surface area contributed by atoms with Crippen LogP contribution in [-0.4, -0.2) is 24.7 Å². The van der Waals surface area contributed by atoms with E-state index in [0.29, 0.717) is 11.8 Å². The molecular formula is C13H15F5O2. The summed E-state index contributed by atoms with van der Waals surface area (Å²) in [6, 6.07) is 0. The van der Waals surface area contributed by atoms with Crippen molar-refractivity contribution in [1.82, 2.24) is 0 Å². The van der Waals surface area contributed by atoms with Crippen molar-refractivity contribution in [2.45, 2.75) is 32.4 Å². The molecule has 0 N–H and O–H groups in total. The lowest BCUT2D eigenvalue weighted by molar-refractivity contribution is -0.294. The van der Waals surface area contributed by atoms with Crippen LogP contribution in [0.2, 0.25) is 0 Å². The van der Waals surface area contributed by atoms with Crippen molar-refractivity contribution >= 4 is 5.97 Å². The minimum Gasteiger partial charge on any atom is -0.458 e. The predicted molar refractivity (Wildman–Crippen MR) is 57.8 cm³/mol. The summed E-state index contributed by atoms with van der Waals surface area (Å²) in [5, 5.41) is 0. The molecule has 4 fully saturated rings. The SMILES string of the molecule is CC1C2CC3C1C3(C(=O)OCC(F)(F)C(F)(F)F)C2C. The summed E-state index contributed by atoms with van der Waals surface area (Å²) in [6.07, 6.45) is -4.83. The second-order valence-electron chi connectivity index (χ2n) is 6.39. The summed E-state index contributed by atoms with van der Waals surface area (Å²) in [5.74, 6) is -4.93. The number of alkyl halides is 5. The Morgan fingerprint density at radius 1 is 1.25 bits per heavy atom. The number of halogens is 5. The van der Waals surface area contributed by atoms with Gasteiger partial charge in [0.05, 0.1) is 5.41 Å². The molecule has 4 bridgehead atoms. The molecule has 4 rings (SSSR count). The topological polar surface area (TPSA) is 26.3 Å². The Morgan fingerprint density at radius 2 is 1.85 bits per heavy atom. The van der Waals surface area contributed by atoms with Gasteiger partial charge in [0.25, 0.3) is 0 Å². The zero-order valence-corrected chi connectivity index (χ0v) is 11.0. The number of esters is 1. The average molecular weight is 298 g/mol. The van der Waals surface area contributed by atoms with Gasteiger partial charge in [0.1, 0.15) is 0 Å². The van der Waals surface area contributed by atoms with Gasteiger partial charge in [-0.25, -0.2) is 0 Å². The van der Waals surface area contributed by atoms with Crippen LogP contribution in [0, 0.1) is 35.0 Å². The first-order valence-corrected chi connectivity index (χ1v) is 6.67. The van der Waals surface area contributed by atoms with E-state index in [4.69, 9.17) is 0 Å². The lowest BCUT2D eigenvalue weighted by Crippen LogP contribution is -2.42. The van der Waals surface area contributed by atoms with E-state index >= 15 is 0 Å². The van der Waals surface area contributed by atoms with E-state index in [1.807, 2.05) is 13.8 Å². The number of carbonyl (C=O) groups excluding carboxylic acids is 1. The molecule has 4 aliphatic carbocycles. The third-order valence-corrected chi connectivity index (χ3v) is 5.81. The number of hydrogen-bond acceptors (Lipinski definition) is 2. The van der Waals surface area contributed by atoms with Gasteiger partial charge in [-0.05, 0) is 36.0 Å². The van der Waals surface area contributed by atoms with E-state index in [1.165, 1.54) is 0 Å². The maximum Gasteiger partial charge on any atom is 0.456 e. The zero-order chi connectivity index (χ0) is 15.1. The Morgan fingerprint density at radius 3 is 2.20 bits per heavy atom. The van der Waals surface area contributed by atoms with Crippen LogP contribution in [0.5, 0.6) is 0 Å². The van der Waals surface area contributed by atoms with Gasteiger partial charge in [-0.2, -0.15) is 22.0 Å². The molecule has 2 nitrogen and oxygen atoms in total. The monoisotopic (exact) mass is 298 g/mol. The molecule has 4 saturated carbocycles. The van der Waals surface area contributed by atoms with Gasteiger partial charge < -0.3 is 4.74 Å². The summed E-state index contributed by atoms with van der Waals surface area (Å²) in [4.78, 5) is 12.1. The normalized spacial score (nSPS) is 45.6. The fourth-order valence-corrected chi connectivity index (χ4v) is 4.92. The van der Waals surface area contributed by atoms with Crippen LogP contribution in [0.15, 0.2) is 0 Å². The van der Waals surface area contributed by atoms with Crippen LogP contribution in [-0.2, 0) is 9.53 Å². The maximum absolute atomic E-state index is 12.8. The third-order valence-electron chi connectivity index (χ3n) is 5.81. The minimum absolute atomic E-state index is 0.0134. The highest BCUT2D eigenvalue weighted by Crippen LogP contribution is 2.83. The Labute approximate surface area is 112 Å². The van der Waals surface area contributed by atoms with E-state index < -0.39 is 30.1 Å². The van der Waals surface area contributed by atoms with E-state index in [0.717, 1.165) is 6.42 Å². The lowest BCUT2D eigenvalue weighted by atomic mass is 9.90. The summed E-state index contributed by atoms with van der Waals surface area (Å²) in [7, 11) is 0. The minimum atomic E-state index is -5.69. The molecule has 0 aromatic carbocycles. The highest BCUT2D eigenvalue weighted by molar-refractivity contribution is 5.84. The molecular weight excluding hydrogens is 283 g/mol. The molecule has 0 spiro atoms. The van der Waals surface area contributed by atoms with Crippen LogP contribution < -0.4 is 0 Å². The van der Waals surface area contributed by atoms with Crippen LogP contribution in [0.1, 0.15) is 20.3 Å². The molecule has 0 heterocycles. The Bertz CT molecular complexity index is 456. The number of hydrogen-bond donors (Lipinski definition) is 0. The molecule has 20 heavy (non-hydrogen) atoms. The Balaban J connectivity index is 1.68. The second kappa shape index (κ2) is 3.65. The Hall–Kier alpha value is -0.880. The fraction of sp³-hybridized carbons (Fsp3) is 0.923. The van der Waals surface area contributed by atoms with E-state index in [2.05, 4.69) is 4.74 Å². The van der Waals surface area contributed by atoms with Crippen LogP contribution in [0.3, 0.4) is 0 Å².